The van der Waals surface area contributed by atoms with E-state index >= 15 is 0 Å². The molecule has 7 heteroatoms. The molecule has 1 amide bonds. The lowest BCUT2D eigenvalue weighted by molar-refractivity contribution is 0.0516. The third-order valence-electron chi connectivity index (χ3n) is 3.87. The average Bonchev–Trinajstić information content (AvgIpc) is 2.63. The van der Waals surface area contributed by atoms with Crippen molar-refractivity contribution in [3.8, 4) is 11.8 Å². The van der Waals surface area contributed by atoms with E-state index < -0.39 is 0 Å². The minimum atomic E-state index is -0.123. The van der Waals surface area contributed by atoms with E-state index in [1.807, 2.05) is 0 Å². The second-order valence-corrected chi connectivity index (χ2v) is 5.98. The molecule has 1 aromatic carbocycles. The number of likely N-dealkylation sites (tertiary alicyclic amines) is 1. The van der Waals surface area contributed by atoms with Crippen molar-refractivity contribution >= 4 is 17.5 Å². The highest BCUT2D eigenvalue weighted by Crippen LogP contribution is 2.19. The Kier molecular flexibility index (Phi) is 5.15. The van der Waals surface area contributed by atoms with Crippen molar-refractivity contribution in [2.24, 2.45) is 0 Å². The van der Waals surface area contributed by atoms with Crippen LogP contribution in [0.1, 0.15) is 23.2 Å². The molecule has 6 nitrogen and oxygen atoms in total. The maximum absolute atomic E-state index is 12.6. The SMILES string of the molecule is COc1ccc(C(=O)N2CCCC(Oc3ncc(Cl)cn3)C2)cc1. The van der Waals surface area contributed by atoms with E-state index in [1.54, 1.807) is 36.3 Å². The highest BCUT2D eigenvalue weighted by atomic mass is 35.5. The first kappa shape index (κ1) is 16.5. The molecule has 1 saturated heterocycles. The van der Waals surface area contributed by atoms with Gasteiger partial charge >= 0.3 is 6.01 Å². The summed E-state index contributed by atoms with van der Waals surface area (Å²) in [7, 11) is 1.60. The van der Waals surface area contributed by atoms with E-state index in [9.17, 15) is 4.79 Å². The van der Waals surface area contributed by atoms with E-state index in [0.29, 0.717) is 23.7 Å². The molecular weight excluding hydrogens is 330 g/mol. The Morgan fingerprint density at radius 2 is 1.96 bits per heavy atom. The van der Waals surface area contributed by atoms with Gasteiger partial charge in [0.1, 0.15) is 11.9 Å². The Balaban J connectivity index is 1.63. The summed E-state index contributed by atoms with van der Waals surface area (Å²) in [6.07, 6.45) is 4.60. The summed E-state index contributed by atoms with van der Waals surface area (Å²) in [5, 5.41) is 0.460. The van der Waals surface area contributed by atoms with Gasteiger partial charge in [0, 0.05) is 12.1 Å². The lowest BCUT2D eigenvalue weighted by Crippen LogP contribution is -2.44. The number of aromatic nitrogens is 2. The van der Waals surface area contributed by atoms with Crippen LogP contribution < -0.4 is 9.47 Å². The van der Waals surface area contributed by atoms with E-state index in [-0.39, 0.29) is 18.0 Å². The highest BCUT2D eigenvalue weighted by molar-refractivity contribution is 6.30. The number of rotatable bonds is 4. The van der Waals surface area contributed by atoms with E-state index in [4.69, 9.17) is 21.1 Å². The monoisotopic (exact) mass is 347 g/mol. The molecule has 3 rings (SSSR count). The standard InChI is InChI=1S/C17H18ClN3O3/c1-23-14-6-4-12(5-7-14)16(22)21-8-2-3-15(11-21)24-17-19-9-13(18)10-20-17/h4-7,9-10,15H,2-3,8,11H2,1H3. The fraction of sp³-hybridized carbons (Fsp3) is 0.353. The Labute approximate surface area is 145 Å². The van der Waals surface area contributed by atoms with Gasteiger partial charge in [-0.15, -0.1) is 0 Å². The fourth-order valence-corrected chi connectivity index (χ4v) is 2.74. The third kappa shape index (κ3) is 3.94. The molecule has 0 bridgehead atoms. The van der Waals surface area contributed by atoms with Gasteiger partial charge in [-0.2, -0.15) is 0 Å². The smallest absolute Gasteiger partial charge is 0.316 e. The fourth-order valence-electron chi connectivity index (χ4n) is 2.65. The summed E-state index contributed by atoms with van der Waals surface area (Å²) in [6.45, 7) is 1.23. The number of ether oxygens (including phenoxy) is 2. The number of nitrogens with zero attached hydrogens (tertiary/aromatic N) is 3. The van der Waals surface area contributed by atoms with E-state index in [0.717, 1.165) is 18.6 Å². The first-order chi connectivity index (χ1) is 11.7. The summed E-state index contributed by atoms with van der Waals surface area (Å²) in [4.78, 5) is 22.5. The molecule has 0 saturated carbocycles. The van der Waals surface area contributed by atoms with Crippen molar-refractivity contribution in [3.05, 3.63) is 47.2 Å². The number of hydrogen-bond donors (Lipinski definition) is 0. The zero-order valence-electron chi connectivity index (χ0n) is 13.3. The molecule has 0 N–H and O–H groups in total. The predicted octanol–water partition coefficient (Wildman–Crippen LogP) is 2.82. The Morgan fingerprint density at radius 1 is 1.25 bits per heavy atom. The number of amides is 1. The lowest BCUT2D eigenvalue weighted by atomic mass is 10.1. The summed E-state index contributed by atoms with van der Waals surface area (Å²) < 4.78 is 10.9. The van der Waals surface area contributed by atoms with Crippen LogP contribution in [-0.2, 0) is 0 Å². The lowest BCUT2D eigenvalue weighted by Gasteiger charge is -2.32. The summed E-state index contributed by atoms with van der Waals surface area (Å²) in [5.74, 6) is 0.717. The quantitative estimate of drug-likeness (QED) is 0.851. The van der Waals surface area contributed by atoms with Gasteiger partial charge in [0.15, 0.2) is 0 Å². The van der Waals surface area contributed by atoms with E-state index in [1.165, 1.54) is 12.4 Å². The normalized spacial score (nSPS) is 17.4. The molecular formula is C17H18ClN3O3. The van der Waals surface area contributed by atoms with Gasteiger partial charge in [0.05, 0.1) is 31.1 Å². The van der Waals surface area contributed by atoms with Crippen LogP contribution in [0, 0.1) is 0 Å². The van der Waals surface area contributed by atoms with Crippen LogP contribution in [0.3, 0.4) is 0 Å². The van der Waals surface area contributed by atoms with Crippen molar-refractivity contribution in [2.45, 2.75) is 18.9 Å². The minimum Gasteiger partial charge on any atom is -0.497 e. The molecule has 126 valence electrons. The van der Waals surface area contributed by atoms with Gasteiger partial charge < -0.3 is 14.4 Å². The molecule has 0 aliphatic carbocycles. The van der Waals surface area contributed by atoms with Crippen LogP contribution in [0.15, 0.2) is 36.7 Å². The highest BCUT2D eigenvalue weighted by Gasteiger charge is 2.26. The minimum absolute atomic E-state index is 0.0111. The molecule has 1 aromatic heterocycles. The number of carbonyl (C=O) groups excluding carboxylic acids is 1. The van der Waals surface area contributed by atoms with Gasteiger partial charge in [-0.3, -0.25) is 4.79 Å². The second-order valence-electron chi connectivity index (χ2n) is 5.55. The molecule has 1 aliphatic heterocycles. The first-order valence-corrected chi connectivity index (χ1v) is 8.11. The van der Waals surface area contributed by atoms with Crippen molar-refractivity contribution in [3.63, 3.8) is 0 Å². The molecule has 2 aromatic rings. The molecule has 0 spiro atoms. The van der Waals surface area contributed by atoms with Gasteiger partial charge in [0.25, 0.3) is 5.91 Å². The number of carbonyl (C=O) groups is 1. The van der Waals surface area contributed by atoms with Gasteiger partial charge in [-0.05, 0) is 37.1 Å². The Bertz CT molecular complexity index is 691. The number of benzene rings is 1. The summed E-state index contributed by atoms with van der Waals surface area (Å²) >= 11 is 5.77. The van der Waals surface area contributed by atoms with Crippen molar-refractivity contribution in [1.29, 1.82) is 0 Å². The topological polar surface area (TPSA) is 64.5 Å². The maximum atomic E-state index is 12.6. The first-order valence-electron chi connectivity index (χ1n) is 7.73. The third-order valence-corrected chi connectivity index (χ3v) is 4.07. The molecule has 0 radical (unpaired) electrons. The van der Waals surface area contributed by atoms with Gasteiger partial charge in [-0.25, -0.2) is 9.97 Å². The van der Waals surface area contributed by atoms with Crippen LogP contribution in [0.2, 0.25) is 5.02 Å². The molecule has 2 heterocycles. The number of piperidine rings is 1. The van der Waals surface area contributed by atoms with Crippen LogP contribution in [0.25, 0.3) is 0 Å². The summed E-state index contributed by atoms with van der Waals surface area (Å²) in [5.41, 5.74) is 0.638. The van der Waals surface area contributed by atoms with Crippen molar-refractivity contribution in [2.75, 3.05) is 20.2 Å². The van der Waals surface area contributed by atoms with Gasteiger partial charge in [0.2, 0.25) is 0 Å². The van der Waals surface area contributed by atoms with Crippen LogP contribution in [-0.4, -0.2) is 47.1 Å². The average molecular weight is 348 g/mol. The van der Waals surface area contributed by atoms with Crippen LogP contribution in [0.5, 0.6) is 11.8 Å². The summed E-state index contributed by atoms with van der Waals surface area (Å²) in [6, 6.07) is 7.39. The largest absolute Gasteiger partial charge is 0.497 e. The molecule has 1 aliphatic rings. The zero-order chi connectivity index (χ0) is 16.9. The van der Waals surface area contributed by atoms with Gasteiger partial charge in [-0.1, -0.05) is 11.6 Å². The van der Waals surface area contributed by atoms with E-state index in [2.05, 4.69) is 9.97 Å². The van der Waals surface area contributed by atoms with Crippen molar-refractivity contribution < 1.29 is 14.3 Å². The Hall–Kier alpha value is -2.34. The van der Waals surface area contributed by atoms with Crippen LogP contribution in [0.4, 0.5) is 0 Å². The molecule has 1 unspecified atom stereocenters. The van der Waals surface area contributed by atoms with Crippen molar-refractivity contribution in [1.82, 2.24) is 14.9 Å². The number of hydrogen-bond acceptors (Lipinski definition) is 5. The predicted molar refractivity (Wildman–Crippen MR) is 89.6 cm³/mol. The second kappa shape index (κ2) is 7.49. The number of halogens is 1. The maximum Gasteiger partial charge on any atom is 0.316 e. The number of methoxy groups -OCH3 is 1. The molecule has 1 atom stereocenters. The molecule has 24 heavy (non-hydrogen) atoms. The molecule has 1 fully saturated rings. The zero-order valence-corrected chi connectivity index (χ0v) is 14.1. The van der Waals surface area contributed by atoms with Crippen LogP contribution >= 0.6 is 11.6 Å². The Morgan fingerprint density at radius 3 is 2.62 bits per heavy atom.